The third-order valence-corrected chi connectivity index (χ3v) is 9.69. The second-order valence-electron chi connectivity index (χ2n) is 12.4. The average molecular weight is 812 g/mol. The summed E-state index contributed by atoms with van der Waals surface area (Å²) in [4.78, 5) is 29.7. The molecule has 4 bridgehead atoms. The first-order valence-corrected chi connectivity index (χ1v) is 16.0. The van der Waals surface area contributed by atoms with Crippen LogP contribution in [-0.2, 0) is 35.2 Å². The van der Waals surface area contributed by atoms with E-state index in [-0.39, 0.29) is 32.2 Å². The minimum Gasteiger partial charge on any atom is -0.349 e. The number of rotatable bonds is 0. The summed E-state index contributed by atoms with van der Waals surface area (Å²) in [6.07, 6.45) is 0. The Labute approximate surface area is 295 Å². The zero-order chi connectivity index (χ0) is 32.5. The first-order valence-electron chi connectivity index (χ1n) is 16.0. The molecular weight excluding hydrogens is 784 g/mol. The Hall–Kier alpha value is -5.57. The molecule has 1 aromatic heterocycles. The van der Waals surface area contributed by atoms with Crippen LogP contribution in [0.3, 0.4) is 0 Å². The predicted molar refractivity (Wildman–Crippen MR) is 201 cm³/mol. The number of hydrogen-bond donors (Lipinski definition) is 0. The summed E-state index contributed by atoms with van der Waals surface area (Å²) in [5.41, 5.74) is 1.10. The number of nitrogens with zero attached hydrogens (tertiary/aromatic N) is 2. The second-order valence-corrected chi connectivity index (χ2v) is 12.4. The van der Waals surface area contributed by atoms with Gasteiger partial charge in [-0.2, -0.15) is 0 Å². The van der Waals surface area contributed by atoms with Crippen molar-refractivity contribution in [2.24, 2.45) is 14.1 Å². The quantitative estimate of drug-likeness (QED) is 0.143. The van der Waals surface area contributed by atoms with Gasteiger partial charge in [-0.15, -0.1) is 35.0 Å². The fraction of sp³-hybridized carbons (Fsp3) is 0.0455. The molecule has 49 heavy (non-hydrogen) atoms. The van der Waals surface area contributed by atoms with Crippen molar-refractivity contribution >= 4 is 86.4 Å². The maximum Gasteiger partial charge on any atom is 4.00 e. The SMILES string of the molecule is Cn1c(=O)c2[c-]c(cc3ccccc32)c2c3ccccc3ccc2n(C)c(=O)c2[c-]c(cc3ccccc32)c2c3ccccc3ccc21.[Pt+4]. The van der Waals surface area contributed by atoms with Crippen LogP contribution in [0.1, 0.15) is 0 Å². The summed E-state index contributed by atoms with van der Waals surface area (Å²) in [5, 5.41) is 11.6. The van der Waals surface area contributed by atoms with Gasteiger partial charge in [0.15, 0.2) is 11.1 Å². The van der Waals surface area contributed by atoms with E-state index in [4.69, 9.17) is 0 Å². The van der Waals surface area contributed by atoms with Crippen LogP contribution in [0.15, 0.2) is 143 Å². The van der Waals surface area contributed by atoms with Crippen LogP contribution in [0.4, 0.5) is 0 Å². The van der Waals surface area contributed by atoms with Gasteiger partial charge >= 0.3 is 21.1 Å². The Kier molecular flexibility index (Phi) is 7.43. The van der Waals surface area contributed by atoms with Gasteiger partial charge in [0, 0.05) is 25.1 Å². The largest absolute Gasteiger partial charge is 4.00 e. The molecule has 0 amide bonds. The topological polar surface area (TPSA) is 44.0 Å². The summed E-state index contributed by atoms with van der Waals surface area (Å²) in [6.45, 7) is 0. The van der Waals surface area contributed by atoms with Crippen molar-refractivity contribution in [1.82, 2.24) is 9.13 Å². The summed E-state index contributed by atoms with van der Waals surface area (Å²) in [5.74, 6) is 0. The molecule has 1 heterocycles. The molecule has 0 aliphatic rings. The molecule has 234 valence electrons. The minimum absolute atomic E-state index is 0. The van der Waals surface area contributed by atoms with E-state index in [1.165, 1.54) is 0 Å². The van der Waals surface area contributed by atoms with Crippen molar-refractivity contribution in [2.75, 3.05) is 0 Å². The maximum absolute atomic E-state index is 14.8. The normalized spacial score (nSPS) is 11.5. The molecule has 9 aromatic rings. The summed E-state index contributed by atoms with van der Waals surface area (Å²) in [7, 11) is 3.64. The Bertz CT molecular complexity index is 2870. The number of fused-ring (bicyclic) bond motifs is 16. The maximum atomic E-state index is 14.8. The Morgan fingerprint density at radius 1 is 0.429 bits per heavy atom. The molecule has 5 heteroatoms. The van der Waals surface area contributed by atoms with Crippen molar-refractivity contribution in [2.45, 2.75) is 0 Å². The van der Waals surface area contributed by atoms with E-state index < -0.39 is 0 Å². The van der Waals surface area contributed by atoms with Crippen LogP contribution in [0, 0.1) is 12.1 Å². The molecule has 0 aliphatic heterocycles. The van der Waals surface area contributed by atoms with E-state index in [0.29, 0.717) is 10.8 Å². The van der Waals surface area contributed by atoms with E-state index in [1.54, 1.807) is 9.13 Å². The predicted octanol–water partition coefficient (Wildman–Crippen LogP) is 9.59. The molecule has 4 nitrogen and oxygen atoms in total. The third kappa shape index (κ3) is 4.78. The molecule has 0 fully saturated rings. The molecule has 0 N–H and O–H groups in total. The minimum atomic E-state index is -0.172. The monoisotopic (exact) mass is 811 g/mol. The van der Waals surface area contributed by atoms with Crippen molar-refractivity contribution in [3.63, 3.8) is 0 Å². The number of aromatic nitrogens is 2. The van der Waals surface area contributed by atoms with E-state index >= 15 is 0 Å². The van der Waals surface area contributed by atoms with Gasteiger partial charge in [-0.25, -0.2) is 0 Å². The Balaban J connectivity index is 0.00000348. The average Bonchev–Trinajstić information content (AvgIpc) is 3.14. The molecule has 8 aromatic carbocycles. The molecule has 0 saturated carbocycles. The van der Waals surface area contributed by atoms with Crippen molar-refractivity contribution in [3.8, 4) is 0 Å². The molecule has 0 saturated heterocycles. The van der Waals surface area contributed by atoms with E-state index in [2.05, 4.69) is 48.5 Å². The molecule has 0 atom stereocenters. The van der Waals surface area contributed by atoms with Gasteiger partial charge in [0.25, 0.3) is 0 Å². The first-order chi connectivity index (χ1) is 23.5. The molecule has 0 unspecified atom stereocenters. The zero-order valence-electron chi connectivity index (χ0n) is 26.7. The van der Waals surface area contributed by atoms with Crippen LogP contribution < -0.4 is 11.1 Å². The van der Waals surface area contributed by atoms with Gasteiger partial charge in [-0.3, -0.25) is 0 Å². The molecule has 0 aliphatic carbocycles. The first kappa shape index (κ1) is 30.7. The van der Waals surface area contributed by atoms with E-state index in [9.17, 15) is 9.59 Å². The van der Waals surface area contributed by atoms with E-state index in [1.807, 2.05) is 111 Å². The zero-order valence-corrected chi connectivity index (χ0v) is 29.0. The Morgan fingerprint density at radius 3 is 1.18 bits per heavy atom. The van der Waals surface area contributed by atoms with Gasteiger partial charge in [0.2, 0.25) is 0 Å². The van der Waals surface area contributed by atoms with Gasteiger partial charge in [0.1, 0.15) is 0 Å². The van der Waals surface area contributed by atoms with E-state index in [0.717, 1.165) is 75.7 Å². The van der Waals surface area contributed by atoms with Gasteiger partial charge in [-0.05, 0) is 33.7 Å². The number of aryl methyl sites for hydroxylation is 2. The third-order valence-electron chi connectivity index (χ3n) is 9.69. The summed E-state index contributed by atoms with van der Waals surface area (Å²) in [6, 6.07) is 51.5. The standard InChI is InChI=1S/C44H28N2O2.Pt/c1-45-39-21-19-27-11-3-9-17-35(27)41(39)31-23-30-14-6-8-16-34(30)38(26-31)44(48)46(2)40-22-20-28-12-4-10-18-36(28)42(40)32-24-29-13-5-7-15-33(29)37(25-32)43(45)47;/h3-24H,1-2H3;/q-2;+4. The Morgan fingerprint density at radius 2 is 0.776 bits per heavy atom. The molecular formula is C44H28N2O2Pt+2. The number of benzene rings is 8. The van der Waals surface area contributed by atoms with Crippen molar-refractivity contribution in [3.05, 3.63) is 166 Å². The van der Waals surface area contributed by atoms with Crippen LogP contribution >= 0.6 is 0 Å². The van der Waals surface area contributed by atoms with Crippen LogP contribution in [-0.4, -0.2) is 9.13 Å². The molecule has 0 radical (unpaired) electrons. The number of hydrogen-bond acceptors (Lipinski definition) is 2. The van der Waals surface area contributed by atoms with Crippen LogP contribution in [0.5, 0.6) is 0 Å². The fourth-order valence-electron chi connectivity index (χ4n) is 7.29. The van der Waals surface area contributed by atoms with Gasteiger partial charge in [0.05, 0.1) is 0 Å². The molecule has 9 rings (SSSR count). The van der Waals surface area contributed by atoms with Crippen molar-refractivity contribution in [1.29, 1.82) is 0 Å². The second kappa shape index (κ2) is 11.8. The van der Waals surface area contributed by atoms with Gasteiger partial charge < -0.3 is 18.7 Å². The van der Waals surface area contributed by atoms with Crippen LogP contribution in [0.25, 0.3) is 86.4 Å². The fourth-order valence-corrected chi connectivity index (χ4v) is 7.29. The van der Waals surface area contributed by atoms with Crippen LogP contribution in [0.2, 0.25) is 0 Å². The van der Waals surface area contributed by atoms with Crippen molar-refractivity contribution < 1.29 is 21.1 Å². The smallest absolute Gasteiger partial charge is 0.349 e. The summed E-state index contributed by atoms with van der Waals surface area (Å²) >= 11 is 0. The molecule has 0 spiro atoms. The summed E-state index contributed by atoms with van der Waals surface area (Å²) < 4.78 is 3.44. The van der Waals surface area contributed by atoms with Gasteiger partial charge in [-0.1, -0.05) is 152 Å².